The minimum atomic E-state index is 0.550. The Kier molecular flexibility index (Phi) is 5.65. The van der Waals surface area contributed by atoms with E-state index in [4.69, 9.17) is 0 Å². The first-order valence-electron chi connectivity index (χ1n) is 8.46. The summed E-state index contributed by atoms with van der Waals surface area (Å²) >= 11 is 0. The summed E-state index contributed by atoms with van der Waals surface area (Å²) in [6.07, 6.45) is 7.00. The van der Waals surface area contributed by atoms with Gasteiger partial charge in [0.15, 0.2) is 0 Å². The molecule has 0 aliphatic heterocycles. The monoisotopic (exact) mass is 273 g/mol. The van der Waals surface area contributed by atoms with Crippen molar-refractivity contribution in [2.45, 2.75) is 65.8 Å². The Morgan fingerprint density at radius 1 is 1.15 bits per heavy atom. The van der Waals surface area contributed by atoms with Gasteiger partial charge in [0, 0.05) is 6.04 Å². The van der Waals surface area contributed by atoms with Gasteiger partial charge in [-0.15, -0.1) is 0 Å². The summed E-state index contributed by atoms with van der Waals surface area (Å²) in [4.78, 5) is 0. The molecule has 1 nitrogen and oxygen atoms in total. The van der Waals surface area contributed by atoms with Crippen LogP contribution in [0.1, 0.15) is 68.7 Å². The van der Waals surface area contributed by atoms with Gasteiger partial charge in [-0.2, -0.15) is 0 Å². The van der Waals surface area contributed by atoms with E-state index in [1.54, 1.807) is 0 Å². The van der Waals surface area contributed by atoms with Crippen LogP contribution in [0.5, 0.6) is 0 Å². The molecule has 0 saturated heterocycles. The summed E-state index contributed by atoms with van der Waals surface area (Å²) in [5.41, 5.74) is 4.32. The molecule has 20 heavy (non-hydrogen) atoms. The molecule has 2 rings (SSSR count). The zero-order valence-corrected chi connectivity index (χ0v) is 13.7. The Morgan fingerprint density at radius 2 is 1.95 bits per heavy atom. The second-order valence-corrected chi connectivity index (χ2v) is 6.58. The molecule has 1 fully saturated rings. The van der Waals surface area contributed by atoms with Crippen molar-refractivity contribution in [3.05, 3.63) is 34.9 Å². The minimum Gasteiger partial charge on any atom is -0.310 e. The number of hydrogen-bond donors (Lipinski definition) is 1. The van der Waals surface area contributed by atoms with Crippen LogP contribution in [0.25, 0.3) is 0 Å². The maximum Gasteiger partial charge on any atom is 0.0348 e. The van der Waals surface area contributed by atoms with Gasteiger partial charge >= 0.3 is 0 Å². The predicted molar refractivity (Wildman–Crippen MR) is 88.1 cm³/mol. The largest absolute Gasteiger partial charge is 0.310 e. The fourth-order valence-corrected chi connectivity index (χ4v) is 3.74. The van der Waals surface area contributed by atoms with Crippen LogP contribution in [-0.2, 0) is 0 Å². The van der Waals surface area contributed by atoms with Crippen molar-refractivity contribution in [2.24, 2.45) is 11.8 Å². The highest BCUT2D eigenvalue weighted by Gasteiger charge is 2.28. The van der Waals surface area contributed by atoms with E-state index in [0.717, 1.165) is 18.4 Å². The molecule has 1 aliphatic rings. The molecule has 1 aromatic rings. The number of rotatable bonds is 5. The third kappa shape index (κ3) is 3.63. The maximum atomic E-state index is 3.76. The molecule has 0 bridgehead atoms. The Balaban J connectivity index is 2.18. The van der Waals surface area contributed by atoms with Crippen molar-refractivity contribution in [2.75, 3.05) is 6.54 Å². The molecule has 0 spiro atoms. The summed E-state index contributed by atoms with van der Waals surface area (Å²) in [6, 6.07) is 7.58. The van der Waals surface area contributed by atoms with Crippen LogP contribution in [-0.4, -0.2) is 6.54 Å². The van der Waals surface area contributed by atoms with Crippen LogP contribution in [0, 0.1) is 25.7 Å². The van der Waals surface area contributed by atoms with Gasteiger partial charge in [0.1, 0.15) is 0 Å². The fraction of sp³-hybridized carbons (Fsp3) is 0.684. The lowest BCUT2D eigenvalue weighted by atomic mass is 9.75. The quantitative estimate of drug-likeness (QED) is 0.780. The van der Waals surface area contributed by atoms with E-state index in [-0.39, 0.29) is 0 Å². The zero-order valence-electron chi connectivity index (χ0n) is 13.7. The fourth-order valence-electron chi connectivity index (χ4n) is 3.74. The molecule has 1 aliphatic carbocycles. The first-order valence-corrected chi connectivity index (χ1v) is 8.46. The van der Waals surface area contributed by atoms with Gasteiger partial charge in [0.25, 0.3) is 0 Å². The average Bonchev–Trinajstić information content (AvgIpc) is 2.48. The van der Waals surface area contributed by atoms with Crippen molar-refractivity contribution < 1.29 is 0 Å². The third-order valence-electron chi connectivity index (χ3n) is 5.19. The first-order chi connectivity index (χ1) is 9.65. The van der Waals surface area contributed by atoms with Crippen molar-refractivity contribution in [3.8, 4) is 0 Å². The Labute approximate surface area is 125 Å². The molecule has 1 saturated carbocycles. The second-order valence-electron chi connectivity index (χ2n) is 6.58. The maximum absolute atomic E-state index is 3.76. The molecule has 0 aromatic heterocycles. The summed E-state index contributed by atoms with van der Waals surface area (Å²) in [6.45, 7) is 10.1. The summed E-state index contributed by atoms with van der Waals surface area (Å²) in [7, 11) is 0. The van der Waals surface area contributed by atoms with E-state index in [0.29, 0.717) is 6.04 Å². The van der Waals surface area contributed by atoms with Crippen molar-refractivity contribution >= 4 is 0 Å². The molecule has 112 valence electrons. The second kappa shape index (κ2) is 7.26. The highest BCUT2D eigenvalue weighted by Crippen LogP contribution is 2.38. The topological polar surface area (TPSA) is 12.0 Å². The standard InChI is InChI=1S/C19H31N/c1-5-16-8-7-9-17(13-16)19(20-6-2)18-11-10-14(3)15(4)12-18/h10-12,16-17,19-20H,5-9,13H2,1-4H3. The summed E-state index contributed by atoms with van der Waals surface area (Å²) in [5.74, 6) is 1.76. The predicted octanol–water partition coefficient (Wildman–Crippen LogP) is 5.17. The lowest BCUT2D eigenvalue weighted by Gasteiger charge is -2.35. The average molecular weight is 273 g/mol. The van der Waals surface area contributed by atoms with Crippen LogP contribution in [0.4, 0.5) is 0 Å². The lowest BCUT2D eigenvalue weighted by molar-refractivity contribution is 0.210. The third-order valence-corrected chi connectivity index (χ3v) is 5.19. The van der Waals surface area contributed by atoms with E-state index in [1.165, 1.54) is 48.8 Å². The van der Waals surface area contributed by atoms with Crippen LogP contribution >= 0.6 is 0 Å². The Hall–Kier alpha value is -0.820. The molecule has 0 heterocycles. The van der Waals surface area contributed by atoms with Crippen molar-refractivity contribution in [1.29, 1.82) is 0 Å². The zero-order chi connectivity index (χ0) is 14.5. The molecular formula is C19H31N. The van der Waals surface area contributed by atoms with Gasteiger partial charge in [0.05, 0.1) is 0 Å². The molecule has 3 atom stereocenters. The number of benzene rings is 1. The van der Waals surface area contributed by atoms with Gasteiger partial charge in [-0.05, 0) is 61.8 Å². The molecule has 0 amide bonds. The molecular weight excluding hydrogens is 242 g/mol. The number of nitrogens with one attached hydrogen (secondary N) is 1. The highest BCUT2D eigenvalue weighted by atomic mass is 14.9. The molecule has 1 aromatic carbocycles. The van der Waals surface area contributed by atoms with Crippen molar-refractivity contribution in [3.63, 3.8) is 0 Å². The normalized spacial score (nSPS) is 24.6. The Bertz CT molecular complexity index is 424. The molecule has 1 heteroatoms. The van der Waals surface area contributed by atoms with Crippen LogP contribution in [0.15, 0.2) is 18.2 Å². The number of aryl methyl sites for hydroxylation is 2. The van der Waals surface area contributed by atoms with Gasteiger partial charge in [-0.1, -0.05) is 51.3 Å². The van der Waals surface area contributed by atoms with Gasteiger partial charge in [-0.3, -0.25) is 0 Å². The molecule has 1 N–H and O–H groups in total. The van der Waals surface area contributed by atoms with E-state index in [2.05, 4.69) is 51.2 Å². The first kappa shape index (κ1) is 15.6. The summed E-state index contributed by atoms with van der Waals surface area (Å²) in [5, 5.41) is 3.76. The minimum absolute atomic E-state index is 0.550. The Morgan fingerprint density at radius 3 is 2.60 bits per heavy atom. The molecule has 0 radical (unpaired) electrons. The van der Waals surface area contributed by atoms with E-state index < -0.39 is 0 Å². The van der Waals surface area contributed by atoms with E-state index >= 15 is 0 Å². The molecule has 3 unspecified atom stereocenters. The highest BCUT2D eigenvalue weighted by molar-refractivity contribution is 5.32. The smallest absolute Gasteiger partial charge is 0.0348 e. The van der Waals surface area contributed by atoms with Crippen molar-refractivity contribution in [1.82, 2.24) is 5.32 Å². The lowest BCUT2D eigenvalue weighted by Crippen LogP contribution is -2.31. The SMILES string of the molecule is CCNC(c1ccc(C)c(C)c1)C1CCCC(CC)C1. The number of hydrogen-bond acceptors (Lipinski definition) is 1. The van der Waals surface area contributed by atoms with E-state index in [1.807, 2.05) is 0 Å². The summed E-state index contributed by atoms with van der Waals surface area (Å²) < 4.78 is 0. The van der Waals surface area contributed by atoms with Gasteiger partial charge < -0.3 is 5.32 Å². The van der Waals surface area contributed by atoms with Gasteiger partial charge in [-0.25, -0.2) is 0 Å². The van der Waals surface area contributed by atoms with Crippen LogP contribution in [0.3, 0.4) is 0 Å². The van der Waals surface area contributed by atoms with Gasteiger partial charge in [0.2, 0.25) is 0 Å². The van der Waals surface area contributed by atoms with E-state index in [9.17, 15) is 0 Å². The van der Waals surface area contributed by atoms with Crippen LogP contribution in [0.2, 0.25) is 0 Å². The van der Waals surface area contributed by atoms with Crippen LogP contribution < -0.4 is 5.32 Å².